The quantitative estimate of drug-likeness (QED) is 0.406. The molecule has 2 aromatic heterocycles. The first-order chi connectivity index (χ1) is 12.0. The van der Waals surface area contributed by atoms with E-state index in [0.29, 0.717) is 11.2 Å². The van der Waals surface area contributed by atoms with Crippen LogP contribution in [0.5, 0.6) is 0 Å². The van der Waals surface area contributed by atoms with Gasteiger partial charge in [-0.1, -0.05) is 0 Å². The Balaban J connectivity index is 1.58. The van der Waals surface area contributed by atoms with Crippen molar-refractivity contribution in [2.75, 3.05) is 5.73 Å². The number of aromatic nitrogens is 4. The maximum absolute atomic E-state index is 12.0. The van der Waals surface area contributed by atoms with Gasteiger partial charge in [0.15, 0.2) is 23.8 Å². The van der Waals surface area contributed by atoms with Gasteiger partial charge in [0.1, 0.15) is 30.2 Å². The maximum Gasteiger partial charge on any atom is 0.251 e. The van der Waals surface area contributed by atoms with Gasteiger partial charge in [-0.2, -0.15) is 0 Å². The summed E-state index contributed by atoms with van der Waals surface area (Å²) in [4.78, 5) is 23.9. The van der Waals surface area contributed by atoms with Crippen LogP contribution in [0.25, 0.3) is 11.2 Å². The number of nitrogens with one attached hydrogen (secondary N) is 1. The molecule has 0 spiro atoms. The molecule has 1 aliphatic carbocycles. The van der Waals surface area contributed by atoms with Gasteiger partial charge in [0.25, 0.3) is 5.91 Å². The summed E-state index contributed by atoms with van der Waals surface area (Å²) >= 11 is 0. The Morgan fingerprint density at radius 3 is 2.80 bits per heavy atom. The number of imidazole rings is 1. The number of nitrogens with zero attached hydrogens (tertiary/aromatic N) is 4. The van der Waals surface area contributed by atoms with Crippen LogP contribution in [-0.2, 0) is 9.53 Å². The molecule has 3 heterocycles. The van der Waals surface area contributed by atoms with E-state index in [0.717, 1.165) is 12.8 Å². The van der Waals surface area contributed by atoms with Crippen LogP contribution in [0, 0.1) is 0 Å². The summed E-state index contributed by atoms with van der Waals surface area (Å²) < 4.78 is 6.96. The van der Waals surface area contributed by atoms with Crippen molar-refractivity contribution in [3.05, 3.63) is 12.7 Å². The van der Waals surface area contributed by atoms with E-state index < -0.39 is 36.6 Å². The van der Waals surface area contributed by atoms with Crippen molar-refractivity contribution in [3.63, 3.8) is 0 Å². The SMILES string of the molecule is Nc1ncnc2c1ncn2[C@@H]1O[C@H](C(O)C(=O)NC2CC2)[C@@H](O)[C@H]1O. The Kier molecular flexibility index (Phi) is 3.80. The summed E-state index contributed by atoms with van der Waals surface area (Å²) in [6, 6.07) is 0.0543. The van der Waals surface area contributed by atoms with Crippen LogP contribution in [0.4, 0.5) is 5.82 Å². The summed E-state index contributed by atoms with van der Waals surface area (Å²) in [6.45, 7) is 0. The van der Waals surface area contributed by atoms with Crippen molar-refractivity contribution in [1.29, 1.82) is 0 Å². The van der Waals surface area contributed by atoms with E-state index in [1.165, 1.54) is 17.2 Å². The highest BCUT2D eigenvalue weighted by atomic mass is 16.6. The minimum atomic E-state index is -1.61. The Morgan fingerprint density at radius 2 is 2.08 bits per heavy atom. The van der Waals surface area contributed by atoms with Crippen LogP contribution >= 0.6 is 0 Å². The third-order valence-electron chi connectivity index (χ3n) is 4.44. The summed E-state index contributed by atoms with van der Waals surface area (Å²) in [5, 5.41) is 33.3. The van der Waals surface area contributed by atoms with Gasteiger partial charge in [-0.25, -0.2) is 15.0 Å². The molecule has 1 saturated carbocycles. The van der Waals surface area contributed by atoms with Crippen LogP contribution in [0.1, 0.15) is 19.1 Å². The standard InChI is InChI=1S/C14H18N6O5/c15-11-6-12(17-3-16-11)20(4-18-6)14-8(22)7(21)10(25-14)9(23)13(24)19-5-1-2-5/h3-5,7-10,14,21-23H,1-2H2,(H,19,24)(H2,15,16,17)/t7-,8+,9?,10-,14+/m0/s1. The Hall–Kier alpha value is -2.34. The molecule has 4 rings (SSSR count). The predicted octanol–water partition coefficient (Wildman–Crippen LogP) is -2.33. The molecule has 0 radical (unpaired) electrons. The predicted molar refractivity (Wildman–Crippen MR) is 82.8 cm³/mol. The van der Waals surface area contributed by atoms with Crippen molar-refractivity contribution in [2.24, 2.45) is 0 Å². The maximum atomic E-state index is 12.0. The molecule has 6 N–H and O–H groups in total. The zero-order chi connectivity index (χ0) is 17.7. The highest BCUT2D eigenvalue weighted by molar-refractivity contribution is 5.82. The number of rotatable bonds is 4. The molecule has 0 bridgehead atoms. The number of nitrogens with two attached hydrogens (primary N) is 1. The first kappa shape index (κ1) is 16.1. The summed E-state index contributed by atoms with van der Waals surface area (Å²) in [6.07, 6.45) is -2.51. The molecule has 2 aliphatic rings. The monoisotopic (exact) mass is 350 g/mol. The summed E-state index contributed by atoms with van der Waals surface area (Å²) in [5.41, 5.74) is 6.35. The van der Waals surface area contributed by atoms with Crippen LogP contribution in [-0.4, -0.2) is 71.2 Å². The molecule has 11 nitrogen and oxygen atoms in total. The first-order valence-electron chi connectivity index (χ1n) is 7.90. The molecular formula is C14H18N6O5. The molecule has 1 unspecified atom stereocenters. The largest absolute Gasteiger partial charge is 0.387 e. The first-order valence-corrected chi connectivity index (χ1v) is 7.90. The molecule has 25 heavy (non-hydrogen) atoms. The molecule has 1 saturated heterocycles. The number of ether oxygens (including phenoxy) is 1. The number of nitrogen functional groups attached to an aromatic ring is 1. The molecule has 0 aromatic carbocycles. The third-order valence-corrected chi connectivity index (χ3v) is 4.44. The normalized spacial score (nSPS) is 30.5. The Bertz CT molecular complexity index is 808. The minimum absolute atomic E-state index is 0.0543. The van der Waals surface area contributed by atoms with Gasteiger partial charge in [0, 0.05) is 6.04 Å². The average Bonchev–Trinajstić information content (AvgIpc) is 3.22. The molecule has 2 aromatic rings. The lowest BCUT2D eigenvalue weighted by Crippen LogP contribution is -2.48. The third kappa shape index (κ3) is 2.70. The van der Waals surface area contributed by atoms with Crippen molar-refractivity contribution in [3.8, 4) is 0 Å². The van der Waals surface area contributed by atoms with Crippen molar-refractivity contribution in [2.45, 2.75) is 49.5 Å². The van der Waals surface area contributed by atoms with Gasteiger partial charge >= 0.3 is 0 Å². The number of aliphatic hydroxyl groups is 3. The fraction of sp³-hybridized carbons (Fsp3) is 0.571. The van der Waals surface area contributed by atoms with Crippen LogP contribution in [0.2, 0.25) is 0 Å². The van der Waals surface area contributed by atoms with Crippen molar-refractivity contribution >= 4 is 22.9 Å². The molecule has 2 fully saturated rings. The van der Waals surface area contributed by atoms with Gasteiger partial charge in [-0.05, 0) is 12.8 Å². The molecule has 1 aliphatic heterocycles. The van der Waals surface area contributed by atoms with E-state index in [1.807, 2.05) is 0 Å². The highest BCUT2D eigenvalue weighted by Gasteiger charge is 2.49. The second-order valence-corrected chi connectivity index (χ2v) is 6.28. The van der Waals surface area contributed by atoms with Crippen molar-refractivity contribution < 1.29 is 24.9 Å². The Morgan fingerprint density at radius 1 is 1.32 bits per heavy atom. The fourth-order valence-electron chi connectivity index (χ4n) is 2.90. The number of aliphatic hydroxyl groups excluding tert-OH is 3. The number of fused-ring (bicyclic) bond motifs is 1. The second-order valence-electron chi connectivity index (χ2n) is 6.28. The lowest BCUT2D eigenvalue weighted by Gasteiger charge is -2.20. The highest BCUT2D eigenvalue weighted by Crippen LogP contribution is 2.33. The van der Waals surface area contributed by atoms with Gasteiger partial charge in [-0.3, -0.25) is 9.36 Å². The number of carbonyl (C=O) groups excluding carboxylic acids is 1. The number of hydrogen-bond donors (Lipinski definition) is 5. The molecule has 11 heteroatoms. The lowest BCUT2D eigenvalue weighted by atomic mass is 10.0. The summed E-state index contributed by atoms with van der Waals surface area (Å²) in [5.74, 6) is -0.473. The van der Waals surface area contributed by atoms with Gasteiger partial charge in [0.2, 0.25) is 0 Å². The van der Waals surface area contributed by atoms with Crippen LogP contribution in [0.3, 0.4) is 0 Å². The molecule has 5 atom stereocenters. The van der Waals surface area contributed by atoms with Crippen LogP contribution < -0.4 is 11.1 Å². The van der Waals surface area contributed by atoms with E-state index >= 15 is 0 Å². The Labute approximate surface area is 141 Å². The summed E-state index contributed by atoms with van der Waals surface area (Å²) in [7, 11) is 0. The molecule has 134 valence electrons. The second kappa shape index (κ2) is 5.88. The van der Waals surface area contributed by atoms with E-state index in [9.17, 15) is 20.1 Å². The van der Waals surface area contributed by atoms with Crippen LogP contribution in [0.15, 0.2) is 12.7 Å². The number of anilines is 1. The van der Waals surface area contributed by atoms with Gasteiger partial charge in [0.05, 0.1) is 6.33 Å². The van der Waals surface area contributed by atoms with E-state index in [2.05, 4.69) is 20.3 Å². The number of carbonyl (C=O) groups is 1. The van der Waals surface area contributed by atoms with Gasteiger partial charge in [-0.15, -0.1) is 0 Å². The van der Waals surface area contributed by atoms with E-state index in [4.69, 9.17) is 10.5 Å². The van der Waals surface area contributed by atoms with Crippen molar-refractivity contribution in [1.82, 2.24) is 24.8 Å². The number of amides is 1. The van der Waals surface area contributed by atoms with E-state index in [-0.39, 0.29) is 11.9 Å². The number of hydrogen-bond acceptors (Lipinski definition) is 9. The van der Waals surface area contributed by atoms with E-state index in [1.54, 1.807) is 0 Å². The topological polar surface area (TPSA) is 169 Å². The minimum Gasteiger partial charge on any atom is -0.387 e. The zero-order valence-corrected chi connectivity index (χ0v) is 13.1. The van der Waals surface area contributed by atoms with Gasteiger partial charge < -0.3 is 31.1 Å². The zero-order valence-electron chi connectivity index (χ0n) is 13.1. The smallest absolute Gasteiger partial charge is 0.251 e. The molecule has 1 amide bonds. The fourth-order valence-corrected chi connectivity index (χ4v) is 2.90. The molecular weight excluding hydrogens is 332 g/mol. The average molecular weight is 350 g/mol. The lowest BCUT2D eigenvalue weighted by molar-refractivity contribution is -0.143.